The minimum absolute atomic E-state index is 0.235. The van der Waals surface area contributed by atoms with Crippen LogP contribution in [0.5, 0.6) is 5.75 Å². The highest BCUT2D eigenvalue weighted by molar-refractivity contribution is 5.87. The normalized spacial score (nSPS) is 12.1. The number of benzene rings is 1. The van der Waals surface area contributed by atoms with Crippen LogP contribution in [0.15, 0.2) is 24.3 Å². The van der Waals surface area contributed by atoms with E-state index >= 15 is 0 Å². The van der Waals surface area contributed by atoms with Gasteiger partial charge in [0.1, 0.15) is 12.4 Å². The standard InChI is InChI=1S/C16H25NO4/c1-2-3-13(8-10-18)12-17-9-11-21-15-6-4-14(5-7-15)16(19)20/h4-7,13,17-18H,2-3,8-12H2,1H3,(H,19,20). The van der Waals surface area contributed by atoms with Gasteiger partial charge in [-0.1, -0.05) is 13.3 Å². The quantitative estimate of drug-likeness (QED) is 0.545. The molecule has 1 rings (SSSR count). The first kappa shape index (κ1) is 17.5. The van der Waals surface area contributed by atoms with Crippen LogP contribution < -0.4 is 10.1 Å². The maximum Gasteiger partial charge on any atom is 0.335 e. The van der Waals surface area contributed by atoms with E-state index in [1.807, 2.05) is 0 Å². The molecule has 0 saturated carbocycles. The van der Waals surface area contributed by atoms with Crippen molar-refractivity contribution in [2.75, 3.05) is 26.3 Å². The van der Waals surface area contributed by atoms with Gasteiger partial charge < -0.3 is 20.3 Å². The van der Waals surface area contributed by atoms with Gasteiger partial charge in [-0.25, -0.2) is 4.79 Å². The zero-order valence-electron chi connectivity index (χ0n) is 12.5. The molecule has 0 fully saturated rings. The minimum atomic E-state index is -0.936. The molecule has 0 aliphatic heterocycles. The number of aliphatic hydroxyl groups excluding tert-OH is 1. The third-order valence-corrected chi connectivity index (χ3v) is 3.32. The third-order valence-electron chi connectivity index (χ3n) is 3.32. The van der Waals surface area contributed by atoms with Crippen LogP contribution in [0.25, 0.3) is 0 Å². The van der Waals surface area contributed by atoms with Gasteiger partial charge in [0.15, 0.2) is 0 Å². The number of hydrogen-bond acceptors (Lipinski definition) is 4. The number of carbonyl (C=O) groups is 1. The Balaban J connectivity index is 2.19. The zero-order valence-corrected chi connectivity index (χ0v) is 12.5. The predicted octanol–water partition coefficient (Wildman–Crippen LogP) is 2.15. The lowest BCUT2D eigenvalue weighted by atomic mass is 10.0. The molecule has 118 valence electrons. The molecule has 21 heavy (non-hydrogen) atoms. The van der Waals surface area contributed by atoms with Gasteiger partial charge in [-0.2, -0.15) is 0 Å². The summed E-state index contributed by atoms with van der Waals surface area (Å²) in [4.78, 5) is 10.7. The number of aromatic carboxylic acids is 1. The lowest BCUT2D eigenvalue weighted by molar-refractivity contribution is 0.0697. The highest BCUT2D eigenvalue weighted by Crippen LogP contribution is 2.12. The minimum Gasteiger partial charge on any atom is -0.492 e. The summed E-state index contributed by atoms with van der Waals surface area (Å²) in [5, 5.41) is 21.1. The maximum absolute atomic E-state index is 10.7. The van der Waals surface area contributed by atoms with E-state index in [0.29, 0.717) is 18.3 Å². The molecule has 0 amide bonds. The number of carboxylic acids is 1. The van der Waals surface area contributed by atoms with E-state index in [4.69, 9.17) is 14.9 Å². The monoisotopic (exact) mass is 295 g/mol. The Morgan fingerprint density at radius 2 is 2.00 bits per heavy atom. The highest BCUT2D eigenvalue weighted by atomic mass is 16.5. The largest absolute Gasteiger partial charge is 0.492 e. The number of rotatable bonds is 11. The Hall–Kier alpha value is -1.59. The lowest BCUT2D eigenvalue weighted by Crippen LogP contribution is -2.27. The molecule has 0 heterocycles. The van der Waals surface area contributed by atoms with Crippen LogP contribution in [0.2, 0.25) is 0 Å². The summed E-state index contributed by atoms with van der Waals surface area (Å²) in [5.74, 6) is 0.242. The van der Waals surface area contributed by atoms with Gasteiger partial charge in [-0.3, -0.25) is 0 Å². The van der Waals surface area contributed by atoms with Crippen molar-refractivity contribution in [3.63, 3.8) is 0 Å². The topological polar surface area (TPSA) is 78.8 Å². The molecule has 0 bridgehead atoms. The number of ether oxygens (including phenoxy) is 1. The Morgan fingerprint density at radius 1 is 1.29 bits per heavy atom. The number of hydrogen-bond donors (Lipinski definition) is 3. The molecule has 0 radical (unpaired) electrons. The van der Waals surface area contributed by atoms with E-state index in [-0.39, 0.29) is 12.2 Å². The summed E-state index contributed by atoms with van der Waals surface area (Å²) in [5.41, 5.74) is 0.256. The highest BCUT2D eigenvalue weighted by Gasteiger charge is 2.06. The van der Waals surface area contributed by atoms with Crippen LogP contribution in [-0.2, 0) is 0 Å². The predicted molar refractivity (Wildman–Crippen MR) is 81.9 cm³/mol. The van der Waals surface area contributed by atoms with Crippen molar-refractivity contribution in [1.82, 2.24) is 5.32 Å². The smallest absolute Gasteiger partial charge is 0.335 e. The summed E-state index contributed by atoms with van der Waals surface area (Å²) in [6.07, 6.45) is 3.07. The first-order valence-corrected chi connectivity index (χ1v) is 7.45. The number of carboxylic acid groups (broad SMARTS) is 1. The molecule has 0 aliphatic rings. The maximum atomic E-state index is 10.7. The van der Waals surface area contributed by atoms with Gasteiger partial charge in [0, 0.05) is 13.2 Å². The van der Waals surface area contributed by atoms with E-state index in [1.54, 1.807) is 12.1 Å². The average Bonchev–Trinajstić information content (AvgIpc) is 2.47. The van der Waals surface area contributed by atoms with E-state index in [9.17, 15) is 4.79 Å². The zero-order chi connectivity index (χ0) is 15.5. The number of aliphatic hydroxyl groups is 1. The molecule has 1 unspecified atom stereocenters. The Bertz CT molecular complexity index is 399. The van der Waals surface area contributed by atoms with Crippen LogP contribution in [-0.4, -0.2) is 42.5 Å². The molecule has 0 saturated heterocycles. The molecular weight excluding hydrogens is 270 g/mol. The van der Waals surface area contributed by atoms with Crippen LogP contribution in [0.4, 0.5) is 0 Å². The molecule has 0 aliphatic carbocycles. The van der Waals surface area contributed by atoms with E-state index in [1.165, 1.54) is 12.1 Å². The fourth-order valence-electron chi connectivity index (χ4n) is 2.18. The molecule has 0 aromatic heterocycles. The van der Waals surface area contributed by atoms with Gasteiger partial charge in [-0.15, -0.1) is 0 Å². The molecule has 0 spiro atoms. The van der Waals surface area contributed by atoms with Crippen molar-refractivity contribution >= 4 is 5.97 Å². The second-order valence-electron chi connectivity index (χ2n) is 5.05. The Kier molecular flexibility index (Phi) is 8.47. The fraction of sp³-hybridized carbons (Fsp3) is 0.562. The summed E-state index contributed by atoms with van der Waals surface area (Å²) in [6.45, 7) is 4.53. The van der Waals surface area contributed by atoms with Crippen molar-refractivity contribution < 1.29 is 19.7 Å². The average molecular weight is 295 g/mol. The van der Waals surface area contributed by atoms with Gasteiger partial charge in [0.25, 0.3) is 0 Å². The summed E-state index contributed by atoms with van der Waals surface area (Å²) in [7, 11) is 0. The van der Waals surface area contributed by atoms with Crippen LogP contribution >= 0.6 is 0 Å². The molecular formula is C16H25NO4. The van der Waals surface area contributed by atoms with Crippen molar-refractivity contribution in [2.45, 2.75) is 26.2 Å². The summed E-state index contributed by atoms with van der Waals surface area (Å²) >= 11 is 0. The second-order valence-corrected chi connectivity index (χ2v) is 5.05. The molecule has 1 aromatic rings. The first-order valence-electron chi connectivity index (χ1n) is 7.45. The molecule has 5 nitrogen and oxygen atoms in total. The molecule has 1 aromatic carbocycles. The van der Waals surface area contributed by atoms with Crippen molar-refractivity contribution in [1.29, 1.82) is 0 Å². The Morgan fingerprint density at radius 3 is 2.57 bits per heavy atom. The second kappa shape index (κ2) is 10.2. The van der Waals surface area contributed by atoms with E-state index < -0.39 is 5.97 Å². The van der Waals surface area contributed by atoms with Crippen molar-refractivity contribution in [2.24, 2.45) is 5.92 Å². The van der Waals surface area contributed by atoms with Crippen molar-refractivity contribution in [3.05, 3.63) is 29.8 Å². The van der Waals surface area contributed by atoms with Gasteiger partial charge in [0.2, 0.25) is 0 Å². The van der Waals surface area contributed by atoms with Crippen LogP contribution in [0, 0.1) is 5.92 Å². The third kappa shape index (κ3) is 7.11. The Labute approximate surface area is 125 Å². The van der Waals surface area contributed by atoms with Gasteiger partial charge in [-0.05, 0) is 49.6 Å². The van der Waals surface area contributed by atoms with Crippen molar-refractivity contribution in [3.8, 4) is 5.75 Å². The van der Waals surface area contributed by atoms with Crippen LogP contribution in [0.3, 0.4) is 0 Å². The molecule has 3 N–H and O–H groups in total. The molecule has 1 atom stereocenters. The van der Waals surface area contributed by atoms with Gasteiger partial charge >= 0.3 is 5.97 Å². The summed E-state index contributed by atoms with van der Waals surface area (Å²) < 4.78 is 5.54. The molecule has 5 heteroatoms. The first-order chi connectivity index (χ1) is 10.2. The summed E-state index contributed by atoms with van der Waals surface area (Å²) in [6, 6.07) is 6.39. The van der Waals surface area contributed by atoms with E-state index in [2.05, 4.69) is 12.2 Å². The number of nitrogens with one attached hydrogen (secondary N) is 1. The SMILES string of the molecule is CCCC(CCO)CNCCOc1ccc(C(=O)O)cc1. The van der Waals surface area contributed by atoms with Crippen LogP contribution in [0.1, 0.15) is 36.5 Å². The van der Waals surface area contributed by atoms with E-state index in [0.717, 1.165) is 32.4 Å². The van der Waals surface area contributed by atoms with Gasteiger partial charge in [0.05, 0.1) is 5.56 Å². The lowest BCUT2D eigenvalue weighted by Gasteiger charge is -2.15. The fourth-order valence-corrected chi connectivity index (χ4v) is 2.18.